The molecule has 0 fully saturated rings. The summed E-state index contributed by atoms with van der Waals surface area (Å²) in [5, 5.41) is 11.1. The number of urea groups is 1. The Labute approximate surface area is 100 Å². The predicted molar refractivity (Wildman–Crippen MR) is 65.1 cm³/mol. The van der Waals surface area contributed by atoms with Crippen LogP contribution in [0.5, 0.6) is 0 Å². The van der Waals surface area contributed by atoms with Gasteiger partial charge in [-0.1, -0.05) is 18.2 Å². The van der Waals surface area contributed by atoms with Crippen LogP contribution in [0.4, 0.5) is 10.5 Å². The van der Waals surface area contributed by atoms with Crippen molar-refractivity contribution in [2.24, 2.45) is 0 Å². The Morgan fingerprint density at radius 2 is 1.94 bits per heavy atom. The molecule has 0 aliphatic heterocycles. The van der Waals surface area contributed by atoms with Crippen molar-refractivity contribution in [3.05, 3.63) is 30.3 Å². The third-order valence-corrected chi connectivity index (χ3v) is 2.34. The molecule has 0 heterocycles. The van der Waals surface area contributed by atoms with Crippen molar-refractivity contribution >= 4 is 17.7 Å². The molecule has 1 aromatic rings. The maximum atomic E-state index is 11.8. The molecule has 1 aromatic carbocycles. The van der Waals surface area contributed by atoms with Crippen LogP contribution in [0.25, 0.3) is 0 Å². The fraction of sp³-hybridized carbons (Fsp3) is 0.333. The van der Waals surface area contributed by atoms with E-state index in [0.29, 0.717) is 6.54 Å². The zero-order chi connectivity index (χ0) is 12.8. The molecule has 5 heteroatoms. The molecule has 0 bridgehead atoms. The molecule has 0 saturated carbocycles. The lowest BCUT2D eigenvalue weighted by Gasteiger charge is -2.22. The van der Waals surface area contributed by atoms with E-state index < -0.39 is 18.0 Å². The largest absolute Gasteiger partial charge is 0.480 e. The summed E-state index contributed by atoms with van der Waals surface area (Å²) < 4.78 is 0. The molecule has 2 amide bonds. The number of nitrogens with zero attached hydrogens (tertiary/aromatic N) is 1. The number of carboxylic acids is 1. The number of aliphatic carboxylic acids is 1. The summed E-state index contributed by atoms with van der Waals surface area (Å²) in [7, 11) is 0. The molecule has 5 nitrogen and oxygen atoms in total. The van der Waals surface area contributed by atoms with Gasteiger partial charge in [0.2, 0.25) is 0 Å². The molecule has 0 aliphatic carbocycles. The van der Waals surface area contributed by atoms with Gasteiger partial charge in [0.05, 0.1) is 0 Å². The normalized spacial score (nSPS) is 11.6. The van der Waals surface area contributed by atoms with Gasteiger partial charge < -0.3 is 10.4 Å². The van der Waals surface area contributed by atoms with Crippen LogP contribution in [0.15, 0.2) is 30.3 Å². The molecule has 0 spiro atoms. The highest BCUT2D eigenvalue weighted by atomic mass is 16.4. The highest BCUT2D eigenvalue weighted by molar-refractivity contribution is 5.94. The third-order valence-electron chi connectivity index (χ3n) is 2.34. The molecule has 1 atom stereocenters. The number of hydrogen-bond acceptors (Lipinski definition) is 2. The monoisotopic (exact) mass is 236 g/mol. The highest BCUT2D eigenvalue weighted by Crippen LogP contribution is 2.12. The lowest BCUT2D eigenvalue weighted by molar-refractivity contribution is -0.138. The van der Waals surface area contributed by atoms with E-state index in [1.165, 1.54) is 11.8 Å². The second-order valence-corrected chi connectivity index (χ2v) is 3.59. The maximum Gasteiger partial charge on any atom is 0.325 e. The fourth-order valence-electron chi connectivity index (χ4n) is 1.38. The Morgan fingerprint density at radius 3 is 2.41 bits per heavy atom. The van der Waals surface area contributed by atoms with E-state index in [4.69, 9.17) is 5.11 Å². The van der Waals surface area contributed by atoms with Crippen LogP contribution in [-0.4, -0.2) is 29.7 Å². The zero-order valence-electron chi connectivity index (χ0n) is 9.88. The minimum Gasteiger partial charge on any atom is -0.480 e. The molecule has 0 aliphatic rings. The first-order chi connectivity index (χ1) is 8.06. The van der Waals surface area contributed by atoms with Crippen molar-refractivity contribution in [3.63, 3.8) is 0 Å². The summed E-state index contributed by atoms with van der Waals surface area (Å²) in [4.78, 5) is 24.0. The van der Waals surface area contributed by atoms with Gasteiger partial charge in [0.1, 0.15) is 6.04 Å². The van der Waals surface area contributed by atoms with Crippen LogP contribution in [0, 0.1) is 0 Å². The van der Waals surface area contributed by atoms with Gasteiger partial charge >= 0.3 is 12.0 Å². The number of para-hydroxylation sites is 1. The van der Waals surface area contributed by atoms with Gasteiger partial charge in [0.15, 0.2) is 0 Å². The minimum absolute atomic E-state index is 0.409. The van der Waals surface area contributed by atoms with Crippen LogP contribution in [0.1, 0.15) is 13.8 Å². The molecule has 2 N–H and O–H groups in total. The Hall–Kier alpha value is -2.04. The quantitative estimate of drug-likeness (QED) is 0.835. The van der Waals surface area contributed by atoms with Gasteiger partial charge in [-0.15, -0.1) is 0 Å². The van der Waals surface area contributed by atoms with Crippen molar-refractivity contribution < 1.29 is 14.7 Å². The third kappa shape index (κ3) is 3.48. The molecular weight excluding hydrogens is 220 g/mol. The predicted octanol–water partition coefficient (Wildman–Crippen LogP) is 1.70. The number of nitrogens with one attached hydrogen (secondary N) is 1. The second kappa shape index (κ2) is 5.89. The zero-order valence-corrected chi connectivity index (χ0v) is 9.88. The first-order valence-electron chi connectivity index (χ1n) is 5.42. The number of carbonyl (C=O) groups excluding carboxylic acids is 1. The Bertz CT molecular complexity index is 392. The van der Waals surface area contributed by atoms with Gasteiger partial charge in [-0.05, 0) is 26.0 Å². The van der Waals surface area contributed by atoms with Gasteiger partial charge in [-0.3, -0.25) is 9.69 Å². The smallest absolute Gasteiger partial charge is 0.325 e. The topological polar surface area (TPSA) is 69.6 Å². The standard InChI is InChI=1S/C12H16N2O3/c1-3-14(10-7-5-4-6-8-10)12(17)13-9(2)11(15)16/h4-9H,3H2,1-2H3,(H,13,17)(H,15,16)/t9-/m1/s1. The SMILES string of the molecule is CCN(C(=O)N[C@H](C)C(=O)O)c1ccccc1. The van der Waals surface area contributed by atoms with E-state index in [2.05, 4.69) is 5.32 Å². The van der Waals surface area contributed by atoms with E-state index in [0.717, 1.165) is 5.69 Å². The van der Waals surface area contributed by atoms with Crippen LogP contribution in [0.2, 0.25) is 0 Å². The molecule has 0 saturated heterocycles. The van der Waals surface area contributed by atoms with Gasteiger partial charge in [0.25, 0.3) is 0 Å². The van der Waals surface area contributed by atoms with Gasteiger partial charge in [0, 0.05) is 12.2 Å². The summed E-state index contributed by atoms with van der Waals surface area (Å²) >= 11 is 0. The fourth-order valence-corrected chi connectivity index (χ4v) is 1.38. The van der Waals surface area contributed by atoms with E-state index in [9.17, 15) is 9.59 Å². The number of carbonyl (C=O) groups is 2. The molecule has 17 heavy (non-hydrogen) atoms. The summed E-state index contributed by atoms with van der Waals surface area (Å²) in [5.41, 5.74) is 0.741. The Morgan fingerprint density at radius 1 is 1.35 bits per heavy atom. The number of amides is 2. The maximum absolute atomic E-state index is 11.8. The van der Waals surface area contributed by atoms with Gasteiger partial charge in [-0.2, -0.15) is 0 Å². The average Bonchev–Trinajstić information content (AvgIpc) is 2.31. The van der Waals surface area contributed by atoms with E-state index in [-0.39, 0.29) is 0 Å². The first-order valence-corrected chi connectivity index (χ1v) is 5.42. The lowest BCUT2D eigenvalue weighted by Crippen LogP contribution is -2.46. The lowest BCUT2D eigenvalue weighted by atomic mass is 10.3. The van der Waals surface area contributed by atoms with Crippen LogP contribution < -0.4 is 10.2 Å². The van der Waals surface area contributed by atoms with E-state index >= 15 is 0 Å². The van der Waals surface area contributed by atoms with Crippen molar-refractivity contribution in [1.82, 2.24) is 5.32 Å². The summed E-state index contributed by atoms with van der Waals surface area (Å²) in [6.45, 7) is 3.74. The molecule has 0 radical (unpaired) electrons. The molecule has 0 unspecified atom stereocenters. The number of hydrogen-bond donors (Lipinski definition) is 2. The van der Waals surface area contributed by atoms with Gasteiger partial charge in [-0.25, -0.2) is 4.79 Å². The number of benzene rings is 1. The van der Waals surface area contributed by atoms with Crippen LogP contribution in [0.3, 0.4) is 0 Å². The van der Waals surface area contributed by atoms with Crippen molar-refractivity contribution in [3.8, 4) is 0 Å². The van der Waals surface area contributed by atoms with Crippen LogP contribution >= 0.6 is 0 Å². The number of rotatable bonds is 4. The molecular formula is C12H16N2O3. The molecule has 92 valence electrons. The summed E-state index contributed by atoms with van der Waals surface area (Å²) in [6, 6.07) is 7.80. The number of carboxylic acid groups (broad SMARTS) is 1. The van der Waals surface area contributed by atoms with Crippen molar-refractivity contribution in [2.75, 3.05) is 11.4 Å². The molecule has 1 rings (SSSR count). The van der Waals surface area contributed by atoms with Crippen molar-refractivity contribution in [2.45, 2.75) is 19.9 Å². The Kier molecular flexibility index (Phi) is 4.51. The van der Waals surface area contributed by atoms with E-state index in [1.54, 1.807) is 12.1 Å². The number of anilines is 1. The van der Waals surface area contributed by atoms with Crippen molar-refractivity contribution in [1.29, 1.82) is 0 Å². The minimum atomic E-state index is -1.05. The molecule has 0 aromatic heterocycles. The Balaban J connectivity index is 2.75. The summed E-state index contributed by atoms with van der Waals surface area (Å²) in [6.07, 6.45) is 0. The highest BCUT2D eigenvalue weighted by Gasteiger charge is 2.19. The van der Waals surface area contributed by atoms with E-state index in [1.807, 2.05) is 25.1 Å². The van der Waals surface area contributed by atoms with Crippen LogP contribution in [-0.2, 0) is 4.79 Å². The second-order valence-electron chi connectivity index (χ2n) is 3.59. The summed E-state index contributed by atoms with van der Waals surface area (Å²) in [5.74, 6) is -1.05. The average molecular weight is 236 g/mol. The first kappa shape index (κ1) is 13.0.